The second kappa shape index (κ2) is 5.40. The van der Waals surface area contributed by atoms with Crippen molar-refractivity contribution in [2.24, 2.45) is 5.73 Å². The molecule has 3 N–H and O–H groups in total. The summed E-state index contributed by atoms with van der Waals surface area (Å²) < 4.78 is 62.2. The number of benzene rings is 1. The molecule has 0 unspecified atom stereocenters. The Bertz CT molecular complexity index is 706. The average Bonchev–Trinajstić information content (AvgIpc) is 2.24. The van der Waals surface area contributed by atoms with Crippen molar-refractivity contribution in [3.8, 4) is 0 Å². The maximum Gasteiger partial charge on any atom is 0.240 e. The molecule has 0 radical (unpaired) electrons. The van der Waals surface area contributed by atoms with Crippen molar-refractivity contribution in [2.45, 2.75) is 29.2 Å². The van der Waals surface area contributed by atoms with Gasteiger partial charge in [-0.25, -0.2) is 25.9 Å². The summed E-state index contributed by atoms with van der Waals surface area (Å²) in [5.74, 6) is -1.11. The van der Waals surface area contributed by atoms with E-state index >= 15 is 0 Å². The summed E-state index contributed by atoms with van der Waals surface area (Å²) >= 11 is 0. The van der Waals surface area contributed by atoms with E-state index in [1.807, 2.05) is 0 Å². The molecular weight excluding hydrogens is 307 g/mol. The van der Waals surface area contributed by atoms with Crippen LogP contribution in [0.4, 0.5) is 4.39 Å². The van der Waals surface area contributed by atoms with Crippen LogP contribution in [0.5, 0.6) is 0 Å². The van der Waals surface area contributed by atoms with Crippen LogP contribution in [0.15, 0.2) is 28.0 Å². The number of nitrogens with one attached hydrogen (secondary N) is 1. The van der Waals surface area contributed by atoms with E-state index in [0.717, 1.165) is 18.4 Å². The Labute approximate surface area is 118 Å². The van der Waals surface area contributed by atoms with E-state index in [0.29, 0.717) is 6.07 Å². The number of hydrogen-bond donors (Lipinski definition) is 2. The number of sulfone groups is 1. The third-order valence-corrected chi connectivity index (χ3v) is 4.86. The monoisotopic (exact) mass is 324 g/mol. The zero-order valence-corrected chi connectivity index (χ0v) is 13.0. The normalized spacial score (nSPS) is 13.4. The van der Waals surface area contributed by atoms with Crippen molar-refractivity contribution >= 4 is 19.9 Å². The average molecular weight is 324 g/mol. The molecule has 0 bridgehead atoms. The molecule has 0 aliphatic carbocycles. The van der Waals surface area contributed by atoms with E-state index in [9.17, 15) is 21.2 Å². The highest BCUT2D eigenvalue weighted by atomic mass is 32.2. The Morgan fingerprint density at radius 1 is 1.25 bits per heavy atom. The highest BCUT2D eigenvalue weighted by molar-refractivity contribution is 7.90. The number of rotatable bonds is 5. The largest absolute Gasteiger partial charge is 0.324 e. The van der Waals surface area contributed by atoms with Crippen molar-refractivity contribution in [1.29, 1.82) is 0 Å². The molecule has 0 aliphatic heterocycles. The quantitative estimate of drug-likeness (QED) is 0.807. The predicted octanol–water partition coefficient (Wildman–Crippen LogP) is 0.245. The SMILES string of the molecule is CC(C)(N)CNS(=O)(=O)c1ccc(S(C)(=O)=O)c(F)c1. The molecule has 1 rings (SSSR count). The lowest BCUT2D eigenvalue weighted by molar-refractivity contribution is 0.497. The van der Waals surface area contributed by atoms with E-state index in [1.54, 1.807) is 13.8 Å². The maximum absolute atomic E-state index is 13.7. The van der Waals surface area contributed by atoms with Crippen LogP contribution >= 0.6 is 0 Å². The maximum atomic E-state index is 13.7. The molecule has 1 aromatic carbocycles. The second-order valence-corrected chi connectivity index (χ2v) is 8.93. The number of sulfonamides is 1. The Hall–Kier alpha value is -1.03. The van der Waals surface area contributed by atoms with Crippen molar-refractivity contribution in [3.05, 3.63) is 24.0 Å². The summed E-state index contributed by atoms with van der Waals surface area (Å²) in [5, 5.41) is 0. The van der Waals surface area contributed by atoms with Gasteiger partial charge >= 0.3 is 0 Å². The molecule has 0 amide bonds. The van der Waals surface area contributed by atoms with Gasteiger partial charge in [-0.2, -0.15) is 0 Å². The number of hydrogen-bond acceptors (Lipinski definition) is 5. The fraction of sp³-hybridized carbons (Fsp3) is 0.455. The molecule has 9 heteroatoms. The van der Waals surface area contributed by atoms with E-state index in [1.165, 1.54) is 0 Å². The topological polar surface area (TPSA) is 106 Å². The van der Waals surface area contributed by atoms with E-state index < -0.39 is 36.1 Å². The first-order valence-electron chi connectivity index (χ1n) is 5.61. The summed E-state index contributed by atoms with van der Waals surface area (Å²) in [6, 6.07) is 2.63. The first kappa shape index (κ1) is 17.0. The molecule has 6 nitrogen and oxygen atoms in total. The molecule has 0 aliphatic rings. The molecule has 0 atom stereocenters. The highest BCUT2D eigenvalue weighted by Gasteiger charge is 2.21. The van der Waals surface area contributed by atoms with Crippen molar-refractivity contribution in [2.75, 3.05) is 12.8 Å². The second-order valence-electron chi connectivity index (χ2n) is 5.18. The van der Waals surface area contributed by atoms with Crippen LogP contribution < -0.4 is 10.5 Å². The van der Waals surface area contributed by atoms with Crippen LogP contribution in [0.3, 0.4) is 0 Å². The molecule has 0 heterocycles. The summed E-state index contributed by atoms with van der Waals surface area (Å²) in [7, 11) is -7.68. The van der Waals surface area contributed by atoms with Gasteiger partial charge in [-0.05, 0) is 32.0 Å². The molecular formula is C11H17FN2O4S2. The number of nitrogens with two attached hydrogens (primary N) is 1. The minimum Gasteiger partial charge on any atom is -0.324 e. The van der Waals surface area contributed by atoms with Gasteiger partial charge < -0.3 is 5.73 Å². The first-order chi connectivity index (χ1) is 8.83. The van der Waals surface area contributed by atoms with Crippen molar-refractivity contribution in [3.63, 3.8) is 0 Å². The summed E-state index contributed by atoms with van der Waals surface area (Å²) in [5.41, 5.74) is 4.89. The van der Waals surface area contributed by atoms with Gasteiger partial charge in [0.1, 0.15) is 10.7 Å². The van der Waals surface area contributed by atoms with Crippen LogP contribution in [0.1, 0.15) is 13.8 Å². The molecule has 114 valence electrons. The van der Waals surface area contributed by atoms with Crippen molar-refractivity contribution < 1.29 is 21.2 Å². The minimum absolute atomic E-state index is 0.0369. The molecule has 20 heavy (non-hydrogen) atoms. The summed E-state index contributed by atoms with van der Waals surface area (Å²) in [6.45, 7) is 3.22. The van der Waals surface area contributed by atoms with Gasteiger partial charge in [0, 0.05) is 18.3 Å². The Morgan fingerprint density at radius 2 is 1.80 bits per heavy atom. The van der Waals surface area contributed by atoms with E-state index in [4.69, 9.17) is 5.73 Å². The molecule has 0 aromatic heterocycles. The number of halogens is 1. The summed E-state index contributed by atoms with van der Waals surface area (Å²) in [6.07, 6.45) is 0.842. The van der Waals surface area contributed by atoms with Crippen LogP contribution in [0.2, 0.25) is 0 Å². The lowest BCUT2D eigenvalue weighted by atomic mass is 10.1. The molecule has 0 fully saturated rings. The smallest absolute Gasteiger partial charge is 0.240 e. The van der Waals surface area contributed by atoms with E-state index in [2.05, 4.69) is 4.72 Å². The Kier molecular flexibility index (Phi) is 4.59. The van der Waals surface area contributed by atoms with Gasteiger partial charge in [-0.1, -0.05) is 0 Å². The van der Waals surface area contributed by atoms with Gasteiger partial charge in [0.2, 0.25) is 10.0 Å². The lowest BCUT2D eigenvalue weighted by Gasteiger charge is -2.19. The third kappa shape index (κ3) is 4.51. The van der Waals surface area contributed by atoms with Crippen LogP contribution in [-0.2, 0) is 19.9 Å². The highest BCUT2D eigenvalue weighted by Crippen LogP contribution is 2.19. The molecule has 0 saturated heterocycles. The fourth-order valence-electron chi connectivity index (χ4n) is 1.31. The Morgan fingerprint density at radius 3 is 2.20 bits per heavy atom. The molecule has 0 saturated carbocycles. The van der Waals surface area contributed by atoms with Gasteiger partial charge in [0.05, 0.1) is 4.90 Å². The van der Waals surface area contributed by atoms with Gasteiger partial charge in [0.25, 0.3) is 0 Å². The standard InChI is InChI=1S/C11H17FN2O4S2/c1-11(2,13)7-14-20(17,18)8-4-5-10(9(12)6-8)19(3,15)16/h4-6,14H,7,13H2,1-3H3. The van der Waals surface area contributed by atoms with Gasteiger partial charge in [-0.15, -0.1) is 0 Å². The predicted molar refractivity (Wildman–Crippen MR) is 73.0 cm³/mol. The minimum atomic E-state index is -3.94. The summed E-state index contributed by atoms with van der Waals surface area (Å²) in [4.78, 5) is -0.901. The van der Waals surface area contributed by atoms with Gasteiger partial charge in [0.15, 0.2) is 9.84 Å². The van der Waals surface area contributed by atoms with Crippen LogP contribution in [0.25, 0.3) is 0 Å². The first-order valence-corrected chi connectivity index (χ1v) is 8.98. The Balaban J connectivity index is 3.13. The van der Waals surface area contributed by atoms with E-state index in [-0.39, 0.29) is 11.4 Å². The zero-order chi connectivity index (χ0) is 15.8. The molecule has 0 spiro atoms. The third-order valence-electron chi connectivity index (χ3n) is 2.33. The van der Waals surface area contributed by atoms with Crippen LogP contribution in [0, 0.1) is 5.82 Å². The molecule has 1 aromatic rings. The van der Waals surface area contributed by atoms with Crippen molar-refractivity contribution in [1.82, 2.24) is 4.72 Å². The fourth-order valence-corrected chi connectivity index (χ4v) is 3.28. The lowest BCUT2D eigenvalue weighted by Crippen LogP contribution is -2.45. The van der Waals surface area contributed by atoms with Crippen LogP contribution in [-0.4, -0.2) is 35.2 Å². The zero-order valence-electron chi connectivity index (χ0n) is 11.3. The van der Waals surface area contributed by atoms with Gasteiger partial charge in [-0.3, -0.25) is 0 Å².